The second kappa shape index (κ2) is 4.55. The highest BCUT2D eigenvalue weighted by atomic mass is 16.5. The average molecular weight is 177 g/mol. The topological polar surface area (TPSA) is 18.5 Å². The zero-order valence-corrected chi connectivity index (χ0v) is 7.96. The third kappa shape index (κ3) is 2.02. The Morgan fingerprint density at radius 3 is 2.77 bits per heavy atom. The summed E-state index contributed by atoms with van der Waals surface area (Å²) in [4.78, 5) is 0. The molecule has 0 atom stereocenters. The number of rotatable bonds is 4. The predicted octanol–water partition coefficient (Wildman–Crippen LogP) is 2.43. The van der Waals surface area contributed by atoms with Crippen LogP contribution in [0.25, 0.3) is 0 Å². The van der Waals surface area contributed by atoms with Gasteiger partial charge in [0.15, 0.2) is 11.5 Å². The van der Waals surface area contributed by atoms with E-state index in [0.717, 1.165) is 11.3 Å². The lowest BCUT2D eigenvalue weighted by molar-refractivity contribution is 0.309. The zero-order valence-electron chi connectivity index (χ0n) is 7.96. The number of hydrogen-bond acceptors (Lipinski definition) is 2. The van der Waals surface area contributed by atoms with Crippen molar-refractivity contribution in [3.63, 3.8) is 0 Å². The quantitative estimate of drug-likeness (QED) is 0.703. The SMILES string of the molecule is C=[C]c1cccc(OC)c1OCC. The number of hydrogen-bond donors (Lipinski definition) is 0. The van der Waals surface area contributed by atoms with Gasteiger partial charge in [0.2, 0.25) is 0 Å². The molecule has 0 bridgehead atoms. The molecule has 1 aromatic rings. The summed E-state index contributed by atoms with van der Waals surface area (Å²) in [6, 6.07) is 5.63. The fraction of sp³-hybridized carbons (Fsp3) is 0.273. The van der Waals surface area contributed by atoms with Crippen molar-refractivity contribution in [2.24, 2.45) is 0 Å². The minimum absolute atomic E-state index is 0.606. The summed E-state index contributed by atoms with van der Waals surface area (Å²) in [6.45, 7) is 6.12. The van der Waals surface area contributed by atoms with Gasteiger partial charge in [0.1, 0.15) is 0 Å². The Morgan fingerprint density at radius 1 is 1.46 bits per heavy atom. The molecule has 1 rings (SSSR count). The van der Waals surface area contributed by atoms with Crippen molar-refractivity contribution in [2.75, 3.05) is 13.7 Å². The van der Waals surface area contributed by atoms with Gasteiger partial charge in [-0.3, -0.25) is 0 Å². The van der Waals surface area contributed by atoms with E-state index in [1.165, 1.54) is 0 Å². The first-order valence-corrected chi connectivity index (χ1v) is 4.16. The molecule has 69 valence electrons. The fourth-order valence-electron chi connectivity index (χ4n) is 1.11. The molecule has 0 N–H and O–H groups in total. The minimum Gasteiger partial charge on any atom is -0.493 e. The standard InChI is InChI=1S/C11H13O2/c1-4-9-7-6-8-10(12-3)11(9)13-5-2/h6-8H,1,5H2,2-3H3. The van der Waals surface area contributed by atoms with E-state index < -0.39 is 0 Å². The van der Waals surface area contributed by atoms with Crippen molar-refractivity contribution in [1.82, 2.24) is 0 Å². The molecule has 0 unspecified atom stereocenters. The molecule has 0 heterocycles. The van der Waals surface area contributed by atoms with E-state index in [2.05, 4.69) is 12.7 Å². The maximum absolute atomic E-state index is 5.42. The molecule has 0 fully saturated rings. The van der Waals surface area contributed by atoms with E-state index in [1.54, 1.807) is 7.11 Å². The van der Waals surface area contributed by atoms with Gasteiger partial charge in [-0.25, -0.2) is 0 Å². The van der Waals surface area contributed by atoms with Crippen LogP contribution in [0, 0.1) is 6.08 Å². The van der Waals surface area contributed by atoms with Crippen molar-refractivity contribution in [2.45, 2.75) is 6.92 Å². The van der Waals surface area contributed by atoms with E-state index in [4.69, 9.17) is 9.47 Å². The molecule has 1 aromatic carbocycles. The van der Waals surface area contributed by atoms with Crippen LogP contribution in [0.4, 0.5) is 0 Å². The Hall–Kier alpha value is -1.44. The first-order valence-electron chi connectivity index (χ1n) is 4.16. The van der Waals surface area contributed by atoms with Crippen LogP contribution in [0.1, 0.15) is 12.5 Å². The molecule has 0 spiro atoms. The van der Waals surface area contributed by atoms with Crippen molar-refractivity contribution in [1.29, 1.82) is 0 Å². The molecular formula is C11H13O2. The molecule has 0 aromatic heterocycles. The molecule has 0 saturated heterocycles. The maximum atomic E-state index is 5.42. The monoisotopic (exact) mass is 177 g/mol. The fourth-order valence-corrected chi connectivity index (χ4v) is 1.11. The van der Waals surface area contributed by atoms with Crippen LogP contribution in [0.2, 0.25) is 0 Å². The number of methoxy groups -OCH3 is 1. The number of benzene rings is 1. The molecule has 0 aliphatic rings. The third-order valence-corrected chi connectivity index (χ3v) is 1.68. The average Bonchev–Trinajstić information content (AvgIpc) is 2.18. The predicted molar refractivity (Wildman–Crippen MR) is 52.1 cm³/mol. The minimum atomic E-state index is 0.606. The summed E-state index contributed by atoms with van der Waals surface area (Å²) >= 11 is 0. The molecule has 0 aliphatic heterocycles. The van der Waals surface area contributed by atoms with E-state index >= 15 is 0 Å². The van der Waals surface area contributed by atoms with Crippen molar-refractivity contribution in [3.8, 4) is 11.5 Å². The number of para-hydroxylation sites is 1. The van der Waals surface area contributed by atoms with Gasteiger partial charge < -0.3 is 9.47 Å². The highest BCUT2D eigenvalue weighted by Gasteiger charge is 2.06. The second-order valence-electron chi connectivity index (χ2n) is 2.45. The molecule has 0 aliphatic carbocycles. The molecule has 2 nitrogen and oxygen atoms in total. The molecule has 1 radical (unpaired) electrons. The van der Waals surface area contributed by atoms with Crippen molar-refractivity contribution in [3.05, 3.63) is 36.4 Å². The van der Waals surface area contributed by atoms with Gasteiger partial charge >= 0.3 is 0 Å². The smallest absolute Gasteiger partial charge is 0.168 e. The summed E-state index contributed by atoms with van der Waals surface area (Å²) < 4.78 is 10.6. The van der Waals surface area contributed by atoms with Crippen LogP contribution in [-0.4, -0.2) is 13.7 Å². The van der Waals surface area contributed by atoms with Gasteiger partial charge in [0.05, 0.1) is 13.7 Å². The molecule has 0 amide bonds. The van der Waals surface area contributed by atoms with E-state index in [0.29, 0.717) is 12.4 Å². The summed E-state index contributed by atoms with van der Waals surface area (Å²) in [5.74, 6) is 1.43. The zero-order chi connectivity index (χ0) is 9.68. The van der Waals surface area contributed by atoms with Gasteiger partial charge in [-0.2, -0.15) is 0 Å². The molecule has 13 heavy (non-hydrogen) atoms. The largest absolute Gasteiger partial charge is 0.493 e. The van der Waals surface area contributed by atoms with E-state index in [-0.39, 0.29) is 0 Å². The van der Waals surface area contributed by atoms with Gasteiger partial charge in [0.25, 0.3) is 0 Å². The summed E-state index contributed by atoms with van der Waals surface area (Å²) in [5.41, 5.74) is 0.834. The van der Waals surface area contributed by atoms with Crippen LogP contribution in [0.3, 0.4) is 0 Å². The van der Waals surface area contributed by atoms with Crippen LogP contribution >= 0.6 is 0 Å². The maximum Gasteiger partial charge on any atom is 0.168 e. The Labute approximate surface area is 78.8 Å². The lowest BCUT2D eigenvalue weighted by atomic mass is 10.2. The van der Waals surface area contributed by atoms with Crippen LogP contribution in [0.15, 0.2) is 24.8 Å². The van der Waals surface area contributed by atoms with Gasteiger partial charge in [-0.15, -0.1) is 0 Å². The molecule has 2 heteroatoms. The first-order chi connectivity index (χ1) is 6.33. The Morgan fingerprint density at radius 2 is 2.23 bits per heavy atom. The van der Waals surface area contributed by atoms with Crippen LogP contribution in [-0.2, 0) is 0 Å². The Balaban J connectivity index is 3.12. The van der Waals surface area contributed by atoms with Gasteiger partial charge in [-0.1, -0.05) is 18.7 Å². The lowest BCUT2D eigenvalue weighted by Gasteiger charge is -2.11. The number of ether oxygens (including phenoxy) is 2. The lowest BCUT2D eigenvalue weighted by Crippen LogP contribution is -1.97. The van der Waals surface area contributed by atoms with E-state index in [9.17, 15) is 0 Å². The summed E-state index contributed by atoms with van der Waals surface area (Å²) in [6.07, 6.45) is 2.80. The summed E-state index contributed by atoms with van der Waals surface area (Å²) in [5, 5.41) is 0. The third-order valence-electron chi connectivity index (χ3n) is 1.68. The van der Waals surface area contributed by atoms with Crippen molar-refractivity contribution >= 4 is 0 Å². The normalized spacial score (nSPS) is 9.38. The molecular weight excluding hydrogens is 164 g/mol. The first kappa shape index (κ1) is 9.65. The highest BCUT2D eigenvalue weighted by molar-refractivity contribution is 5.48. The van der Waals surface area contributed by atoms with Gasteiger partial charge in [-0.05, 0) is 19.1 Å². The van der Waals surface area contributed by atoms with Gasteiger partial charge in [0, 0.05) is 5.56 Å². The van der Waals surface area contributed by atoms with Crippen LogP contribution in [0.5, 0.6) is 11.5 Å². The van der Waals surface area contributed by atoms with E-state index in [1.807, 2.05) is 25.1 Å². The molecule has 0 saturated carbocycles. The Kier molecular flexibility index (Phi) is 3.38. The second-order valence-corrected chi connectivity index (χ2v) is 2.45. The summed E-state index contributed by atoms with van der Waals surface area (Å²) in [7, 11) is 1.62. The Bertz CT molecular complexity index is 292. The van der Waals surface area contributed by atoms with Crippen LogP contribution < -0.4 is 9.47 Å². The highest BCUT2D eigenvalue weighted by Crippen LogP contribution is 2.30. The van der Waals surface area contributed by atoms with Crippen molar-refractivity contribution < 1.29 is 9.47 Å².